The van der Waals surface area contributed by atoms with Crippen LogP contribution in [0.25, 0.3) is 0 Å². The Bertz CT molecular complexity index is 613. The predicted octanol–water partition coefficient (Wildman–Crippen LogP) is 2.04. The van der Waals surface area contributed by atoms with Crippen molar-refractivity contribution in [1.82, 2.24) is 15.1 Å². The normalized spacial score (nSPS) is 15.6. The molecule has 0 bridgehead atoms. The number of nitrogens with zero attached hydrogens (tertiary/aromatic N) is 2. The zero-order valence-electron chi connectivity index (χ0n) is 14.3. The summed E-state index contributed by atoms with van der Waals surface area (Å²) >= 11 is 11.9. The van der Waals surface area contributed by atoms with Crippen molar-refractivity contribution in [2.45, 2.75) is 13.3 Å². The van der Waals surface area contributed by atoms with Crippen LogP contribution in [-0.4, -0.2) is 67.5 Å². The van der Waals surface area contributed by atoms with Crippen LogP contribution < -0.4 is 10.1 Å². The topological polar surface area (TPSA) is 61.9 Å². The molecule has 1 aliphatic rings. The molecule has 0 spiro atoms. The van der Waals surface area contributed by atoms with Crippen molar-refractivity contribution in [1.29, 1.82) is 0 Å². The molecule has 0 saturated carbocycles. The van der Waals surface area contributed by atoms with E-state index in [1.54, 1.807) is 23.1 Å². The molecule has 138 valence electrons. The lowest BCUT2D eigenvalue weighted by molar-refractivity contribution is -0.133. The molecular formula is C17H23Cl2N3O3. The van der Waals surface area contributed by atoms with Gasteiger partial charge in [0.2, 0.25) is 5.91 Å². The molecule has 1 saturated heterocycles. The second-order valence-corrected chi connectivity index (χ2v) is 6.67. The number of halogens is 2. The van der Waals surface area contributed by atoms with E-state index in [0.29, 0.717) is 48.5 Å². The smallest absolute Gasteiger partial charge is 0.260 e. The van der Waals surface area contributed by atoms with Crippen LogP contribution in [0.1, 0.15) is 13.3 Å². The monoisotopic (exact) mass is 387 g/mol. The molecule has 1 aromatic rings. The van der Waals surface area contributed by atoms with Gasteiger partial charge >= 0.3 is 0 Å². The van der Waals surface area contributed by atoms with Crippen LogP contribution in [0, 0.1) is 0 Å². The molecule has 0 radical (unpaired) electrons. The van der Waals surface area contributed by atoms with Gasteiger partial charge in [-0.1, -0.05) is 23.2 Å². The van der Waals surface area contributed by atoms with E-state index >= 15 is 0 Å². The Morgan fingerprint density at radius 2 is 2.00 bits per heavy atom. The first-order valence-electron chi connectivity index (χ1n) is 8.34. The first-order chi connectivity index (χ1) is 12.0. The van der Waals surface area contributed by atoms with Gasteiger partial charge in [-0.25, -0.2) is 0 Å². The van der Waals surface area contributed by atoms with Gasteiger partial charge in [-0.05, 0) is 31.5 Å². The minimum absolute atomic E-state index is 0.0167. The summed E-state index contributed by atoms with van der Waals surface area (Å²) in [4.78, 5) is 27.9. The largest absolute Gasteiger partial charge is 0.482 e. The lowest BCUT2D eigenvalue weighted by Gasteiger charge is -2.22. The second kappa shape index (κ2) is 9.85. The Morgan fingerprint density at radius 3 is 2.72 bits per heavy atom. The summed E-state index contributed by atoms with van der Waals surface area (Å²) in [7, 11) is 0. The number of likely N-dealkylation sites (N-methyl/N-ethyl adjacent to an activating group) is 1. The van der Waals surface area contributed by atoms with E-state index in [-0.39, 0.29) is 18.4 Å². The number of benzene rings is 1. The summed E-state index contributed by atoms with van der Waals surface area (Å²) in [6.45, 7) is 5.52. The number of hydrogen-bond donors (Lipinski definition) is 1. The summed E-state index contributed by atoms with van der Waals surface area (Å²) in [5, 5.41) is 3.69. The fraction of sp³-hybridized carbons (Fsp3) is 0.529. The fourth-order valence-electron chi connectivity index (χ4n) is 2.66. The highest BCUT2D eigenvalue weighted by molar-refractivity contribution is 6.35. The van der Waals surface area contributed by atoms with Crippen molar-refractivity contribution in [3.8, 4) is 5.75 Å². The first kappa shape index (κ1) is 19.8. The average molecular weight is 388 g/mol. The van der Waals surface area contributed by atoms with E-state index in [4.69, 9.17) is 27.9 Å². The van der Waals surface area contributed by atoms with Crippen LogP contribution in [0.2, 0.25) is 10.0 Å². The Hall–Kier alpha value is -1.50. The molecule has 1 N–H and O–H groups in total. The van der Waals surface area contributed by atoms with Crippen molar-refractivity contribution in [3.05, 3.63) is 28.2 Å². The van der Waals surface area contributed by atoms with E-state index in [9.17, 15) is 9.59 Å². The zero-order chi connectivity index (χ0) is 18.2. The Kier molecular flexibility index (Phi) is 7.81. The molecule has 2 rings (SSSR count). The highest BCUT2D eigenvalue weighted by Gasteiger charge is 2.21. The van der Waals surface area contributed by atoms with Crippen LogP contribution in [0.15, 0.2) is 18.2 Å². The fourth-order valence-corrected chi connectivity index (χ4v) is 3.12. The van der Waals surface area contributed by atoms with Gasteiger partial charge in [-0.3, -0.25) is 14.5 Å². The van der Waals surface area contributed by atoms with E-state index in [2.05, 4.69) is 10.2 Å². The minimum Gasteiger partial charge on any atom is -0.482 e. The maximum Gasteiger partial charge on any atom is 0.260 e. The number of nitrogens with one attached hydrogen (secondary N) is 1. The minimum atomic E-state index is -0.0918. The molecule has 1 aliphatic heterocycles. The lowest BCUT2D eigenvalue weighted by Crippen LogP contribution is -2.40. The van der Waals surface area contributed by atoms with Crippen LogP contribution in [0.5, 0.6) is 5.75 Å². The molecule has 1 fully saturated rings. The summed E-state index contributed by atoms with van der Waals surface area (Å²) in [6.07, 6.45) is 0.826. The van der Waals surface area contributed by atoms with Crippen molar-refractivity contribution < 1.29 is 14.3 Å². The van der Waals surface area contributed by atoms with E-state index in [0.717, 1.165) is 13.0 Å². The lowest BCUT2D eigenvalue weighted by atomic mass is 10.3. The van der Waals surface area contributed by atoms with Gasteiger partial charge in [0, 0.05) is 37.7 Å². The first-order valence-corrected chi connectivity index (χ1v) is 9.10. The number of rotatable bonds is 6. The van der Waals surface area contributed by atoms with Crippen LogP contribution in [-0.2, 0) is 9.59 Å². The molecule has 25 heavy (non-hydrogen) atoms. The highest BCUT2D eigenvalue weighted by atomic mass is 35.5. The number of hydrogen-bond acceptors (Lipinski definition) is 4. The molecular weight excluding hydrogens is 365 g/mol. The summed E-state index contributed by atoms with van der Waals surface area (Å²) < 4.78 is 5.51. The van der Waals surface area contributed by atoms with Crippen molar-refractivity contribution >= 4 is 35.0 Å². The van der Waals surface area contributed by atoms with Crippen LogP contribution >= 0.6 is 23.2 Å². The van der Waals surface area contributed by atoms with Crippen LogP contribution in [0.4, 0.5) is 0 Å². The molecule has 6 nitrogen and oxygen atoms in total. The van der Waals surface area contributed by atoms with Crippen molar-refractivity contribution in [2.24, 2.45) is 0 Å². The maximum absolute atomic E-state index is 12.4. The van der Waals surface area contributed by atoms with Gasteiger partial charge < -0.3 is 15.0 Å². The van der Waals surface area contributed by atoms with Gasteiger partial charge in [0.1, 0.15) is 5.75 Å². The van der Waals surface area contributed by atoms with E-state index in [1.807, 2.05) is 6.92 Å². The number of carbonyl (C=O) groups excluding carboxylic acids is 2. The molecule has 1 heterocycles. The third-order valence-electron chi connectivity index (χ3n) is 3.93. The summed E-state index contributed by atoms with van der Waals surface area (Å²) in [5.41, 5.74) is 0. The highest BCUT2D eigenvalue weighted by Crippen LogP contribution is 2.27. The second-order valence-electron chi connectivity index (χ2n) is 5.83. The van der Waals surface area contributed by atoms with Gasteiger partial charge in [-0.15, -0.1) is 0 Å². The molecule has 8 heteroatoms. The molecule has 2 amide bonds. The van der Waals surface area contributed by atoms with Crippen LogP contribution in [0.3, 0.4) is 0 Å². The predicted molar refractivity (Wildman–Crippen MR) is 98.3 cm³/mol. The third kappa shape index (κ3) is 6.38. The number of amides is 2. The van der Waals surface area contributed by atoms with Crippen molar-refractivity contribution in [3.63, 3.8) is 0 Å². The van der Waals surface area contributed by atoms with Gasteiger partial charge in [-0.2, -0.15) is 0 Å². The quantitative estimate of drug-likeness (QED) is 0.811. The summed E-state index contributed by atoms with van der Waals surface area (Å²) in [5.74, 6) is 0.362. The van der Waals surface area contributed by atoms with E-state index in [1.165, 1.54) is 0 Å². The van der Waals surface area contributed by atoms with E-state index < -0.39 is 0 Å². The summed E-state index contributed by atoms with van der Waals surface area (Å²) in [6, 6.07) is 4.89. The van der Waals surface area contributed by atoms with Gasteiger partial charge in [0.05, 0.1) is 11.6 Å². The third-order valence-corrected chi connectivity index (χ3v) is 4.46. The molecule has 0 aliphatic carbocycles. The SMILES string of the molecule is CCNC(=O)CN1CCCN(C(=O)COc2ccc(Cl)cc2Cl)CC1. The van der Waals surface area contributed by atoms with Crippen molar-refractivity contribution in [2.75, 3.05) is 45.9 Å². The Morgan fingerprint density at radius 1 is 1.20 bits per heavy atom. The van der Waals surface area contributed by atoms with Gasteiger partial charge in [0.25, 0.3) is 5.91 Å². The standard InChI is InChI=1S/C17H23Cl2N3O3/c1-2-20-16(23)11-21-6-3-7-22(9-8-21)17(24)12-25-15-5-4-13(18)10-14(15)19/h4-5,10H,2-3,6-9,11-12H2,1H3,(H,20,23). The average Bonchev–Trinajstić information content (AvgIpc) is 2.79. The Labute approximate surface area is 158 Å². The maximum atomic E-state index is 12.4. The number of ether oxygens (including phenoxy) is 1. The zero-order valence-corrected chi connectivity index (χ0v) is 15.8. The Balaban J connectivity index is 1.81. The molecule has 0 aromatic heterocycles. The molecule has 1 aromatic carbocycles. The molecule has 0 atom stereocenters. The molecule has 0 unspecified atom stereocenters. The van der Waals surface area contributed by atoms with Gasteiger partial charge in [0.15, 0.2) is 6.61 Å². The number of carbonyl (C=O) groups is 2.